The Labute approximate surface area is 108 Å². The van der Waals surface area contributed by atoms with E-state index in [0.717, 1.165) is 19.6 Å². The molecule has 1 aromatic rings. The molecule has 0 bridgehead atoms. The summed E-state index contributed by atoms with van der Waals surface area (Å²) in [6.45, 7) is 4.79. The van der Waals surface area contributed by atoms with Crippen molar-refractivity contribution in [2.24, 2.45) is 0 Å². The highest BCUT2D eigenvalue weighted by Gasteiger charge is 2.41. The van der Waals surface area contributed by atoms with Gasteiger partial charge in [-0.2, -0.15) is 0 Å². The summed E-state index contributed by atoms with van der Waals surface area (Å²) in [7, 11) is 1.91. The Morgan fingerprint density at radius 2 is 2.00 bits per heavy atom. The summed E-state index contributed by atoms with van der Waals surface area (Å²) in [6.07, 6.45) is 0. The van der Waals surface area contributed by atoms with Gasteiger partial charge >= 0.3 is 6.03 Å². The largest absolute Gasteiger partial charge is 0.320 e. The Bertz CT molecular complexity index is 470. The van der Waals surface area contributed by atoms with E-state index >= 15 is 0 Å². The highest BCUT2D eigenvalue weighted by molar-refractivity contribution is 5.78. The maximum Gasteiger partial charge on any atom is 0.320 e. The molecule has 2 saturated heterocycles. The van der Waals surface area contributed by atoms with E-state index in [2.05, 4.69) is 24.4 Å². The van der Waals surface area contributed by atoms with Crippen LogP contribution in [-0.4, -0.2) is 48.6 Å². The quantitative estimate of drug-likeness (QED) is 0.854. The number of amides is 2. The number of aryl methyl sites for hydroxylation is 1. The van der Waals surface area contributed by atoms with Gasteiger partial charge in [0.25, 0.3) is 0 Å². The lowest BCUT2D eigenvalue weighted by Crippen LogP contribution is -2.57. The standard InChI is InChI=1S/C14H19N3O/c1-10-5-3-4-6-12(10)13-9-17(11-7-15-8-11)14(18)16(13)2/h3-6,11,13,15H,7-9H2,1-2H3. The number of hydrogen-bond donors (Lipinski definition) is 1. The second kappa shape index (κ2) is 4.28. The molecule has 0 aliphatic carbocycles. The molecule has 1 N–H and O–H groups in total. The van der Waals surface area contributed by atoms with Crippen molar-refractivity contribution < 1.29 is 4.79 Å². The van der Waals surface area contributed by atoms with E-state index < -0.39 is 0 Å². The third-order valence-electron chi connectivity index (χ3n) is 4.13. The van der Waals surface area contributed by atoms with Crippen LogP contribution in [0.5, 0.6) is 0 Å². The van der Waals surface area contributed by atoms with Crippen LogP contribution in [0.1, 0.15) is 17.2 Å². The number of rotatable bonds is 2. The van der Waals surface area contributed by atoms with E-state index in [1.165, 1.54) is 11.1 Å². The molecule has 2 heterocycles. The first-order valence-electron chi connectivity index (χ1n) is 6.48. The molecular weight excluding hydrogens is 226 g/mol. The number of carbonyl (C=O) groups is 1. The van der Waals surface area contributed by atoms with Crippen molar-refractivity contribution >= 4 is 6.03 Å². The fraction of sp³-hybridized carbons (Fsp3) is 0.500. The lowest BCUT2D eigenvalue weighted by molar-refractivity contribution is 0.162. The molecule has 1 aromatic carbocycles. The molecule has 1 atom stereocenters. The number of nitrogens with one attached hydrogen (secondary N) is 1. The van der Waals surface area contributed by atoms with E-state index in [-0.39, 0.29) is 12.1 Å². The van der Waals surface area contributed by atoms with Crippen LogP contribution in [0.25, 0.3) is 0 Å². The first-order valence-corrected chi connectivity index (χ1v) is 6.48. The summed E-state index contributed by atoms with van der Waals surface area (Å²) in [5.41, 5.74) is 2.53. The third kappa shape index (κ3) is 1.68. The van der Waals surface area contributed by atoms with Gasteiger partial charge < -0.3 is 15.1 Å². The molecule has 3 rings (SSSR count). The van der Waals surface area contributed by atoms with Gasteiger partial charge in [0.1, 0.15) is 0 Å². The summed E-state index contributed by atoms with van der Waals surface area (Å²) in [5, 5.41) is 3.23. The van der Waals surface area contributed by atoms with E-state index in [9.17, 15) is 4.79 Å². The second-order valence-corrected chi connectivity index (χ2v) is 5.23. The molecule has 2 aliphatic rings. The first kappa shape index (κ1) is 11.5. The summed E-state index contributed by atoms with van der Waals surface area (Å²) in [5.74, 6) is 0. The van der Waals surface area contributed by atoms with E-state index in [4.69, 9.17) is 0 Å². The zero-order valence-electron chi connectivity index (χ0n) is 10.9. The van der Waals surface area contributed by atoms with Crippen molar-refractivity contribution in [3.63, 3.8) is 0 Å². The fourth-order valence-corrected chi connectivity index (χ4v) is 2.79. The number of hydrogen-bond acceptors (Lipinski definition) is 2. The van der Waals surface area contributed by atoms with Gasteiger partial charge in [0.15, 0.2) is 0 Å². The number of carbonyl (C=O) groups excluding carboxylic acids is 1. The average Bonchev–Trinajstić information content (AvgIpc) is 2.57. The van der Waals surface area contributed by atoms with E-state index in [0.29, 0.717) is 6.04 Å². The van der Waals surface area contributed by atoms with Crippen LogP contribution < -0.4 is 5.32 Å². The Hall–Kier alpha value is -1.55. The molecule has 4 heteroatoms. The topological polar surface area (TPSA) is 35.6 Å². The molecule has 18 heavy (non-hydrogen) atoms. The van der Waals surface area contributed by atoms with Crippen LogP contribution >= 0.6 is 0 Å². The minimum atomic E-state index is 0.162. The highest BCUT2D eigenvalue weighted by Crippen LogP contribution is 2.31. The van der Waals surface area contributed by atoms with E-state index in [1.807, 2.05) is 29.0 Å². The number of nitrogens with zero attached hydrogens (tertiary/aromatic N) is 2. The van der Waals surface area contributed by atoms with Crippen molar-refractivity contribution in [2.75, 3.05) is 26.7 Å². The van der Waals surface area contributed by atoms with Gasteiger partial charge in [-0.15, -0.1) is 0 Å². The van der Waals surface area contributed by atoms with Gasteiger partial charge in [0.05, 0.1) is 12.1 Å². The fourth-order valence-electron chi connectivity index (χ4n) is 2.79. The average molecular weight is 245 g/mol. The van der Waals surface area contributed by atoms with Gasteiger partial charge in [-0.25, -0.2) is 4.79 Å². The molecule has 0 saturated carbocycles. The zero-order valence-corrected chi connectivity index (χ0v) is 10.9. The number of likely N-dealkylation sites (N-methyl/N-ethyl adjacent to an activating group) is 1. The van der Waals surface area contributed by atoms with Crippen molar-refractivity contribution in [3.8, 4) is 0 Å². The van der Waals surface area contributed by atoms with Crippen LogP contribution in [0.3, 0.4) is 0 Å². The molecule has 2 fully saturated rings. The SMILES string of the molecule is Cc1ccccc1C1CN(C2CNC2)C(=O)N1C. The predicted molar refractivity (Wildman–Crippen MR) is 70.4 cm³/mol. The maximum absolute atomic E-state index is 12.3. The third-order valence-corrected chi connectivity index (χ3v) is 4.13. The molecule has 0 aromatic heterocycles. The minimum Gasteiger partial charge on any atom is -0.319 e. The molecule has 0 spiro atoms. The lowest BCUT2D eigenvalue weighted by Gasteiger charge is -2.34. The van der Waals surface area contributed by atoms with Gasteiger partial charge in [-0.1, -0.05) is 24.3 Å². The van der Waals surface area contributed by atoms with Crippen molar-refractivity contribution in [3.05, 3.63) is 35.4 Å². The van der Waals surface area contributed by atoms with Gasteiger partial charge in [0, 0.05) is 26.7 Å². The van der Waals surface area contributed by atoms with Gasteiger partial charge in [0.2, 0.25) is 0 Å². The van der Waals surface area contributed by atoms with Crippen LogP contribution in [0.2, 0.25) is 0 Å². The smallest absolute Gasteiger partial charge is 0.319 e. The van der Waals surface area contributed by atoms with Crippen molar-refractivity contribution in [1.82, 2.24) is 15.1 Å². The summed E-state index contributed by atoms with van der Waals surface area (Å²) < 4.78 is 0. The normalized spacial score (nSPS) is 24.6. The number of benzene rings is 1. The second-order valence-electron chi connectivity index (χ2n) is 5.23. The zero-order chi connectivity index (χ0) is 12.7. The van der Waals surface area contributed by atoms with Crippen LogP contribution in [0, 0.1) is 6.92 Å². The van der Waals surface area contributed by atoms with Crippen LogP contribution in [0.15, 0.2) is 24.3 Å². The van der Waals surface area contributed by atoms with Crippen molar-refractivity contribution in [2.45, 2.75) is 19.0 Å². The maximum atomic E-state index is 12.3. The monoisotopic (exact) mass is 245 g/mol. The first-order chi connectivity index (χ1) is 8.68. The molecule has 0 radical (unpaired) electrons. The lowest BCUT2D eigenvalue weighted by atomic mass is 10.0. The Kier molecular flexibility index (Phi) is 2.74. The molecule has 1 unspecified atom stereocenters. The Morgan fingerprint density at radius 3 is 2.61 bits per heavy atom. The Morgan fingerprint density at radius 1 is 1.28 bits per heavy atom. The number of urea groups is 1. The van der Waals surface area contributed by atoms with Gasteiger partial charge in [-0.05, 0) is 18.1 Å². The summed E-state index contributed by atoms with van der Waals surface area (Å²) in [6, 6.07) is 9.08. The van der Waals surface area contributed by atoms with Gasteiger partial charge in [-0.3, -0.25) is 0 Å². The predicted octanol–water partition coefficient (Wildman–Crippen LogP) is 1.38. The van der Waals surface area contributed by atoms with Crippen LogP contribution in [0.4, 0.5) is 4.79 Å². The molecule has 2 amide bonds. The summed E-state index contributed by atoms with van der Waals surface area (Å²) >= 11 is 0. The van der Waals surface area contributed by atoms with E-state index in [1.54, 1.807) is 0 Å². The minimum absolute atomic E-state index is 0.162. The highest BCUT2D eigenvalue weighted by atomic mass is 16.2. The van der Waals surface area contributed by atoms with Crippen molar-refractivity contribution in [1.29, 1.82) is 0 Å². The summed E-state index contributed by atoms with van der Waals surface area (Å²) in [4.78, 5) is 16.1. The molecule has 96 valence electrons. The molecular formula is C14H19N3O. The molecule has 4 nitrogen and oxygen atoms in total. The molecule has 2 aliphatic heterocycles. The van der Waals surface area contributed by atoms with Crippen LogP contribution in [-0.2, 0) is 0 Å². The Balaban J connectivity index is 1.86.